The van der Waals surface area contributed by atoms with E-state index in [-0.39, 0.29) is 30.2 Å². The van der Waals surface area contributed by atoms with Crippen LogP contribution < -0.4 is 10.6 Å². The number of hydrogen-bond donors (Lipinski definition) is 2. The van der Waals surface area contributed by atoms with Crippen molar-refractivity contribution in [2.45, 2.75) is 19.8 Å². The van der Waals surface area contributed by atoms with Gasteiger partial charge in [0, 0.05) is 24.2 Å². The van der Waals surface area contributed by atoms with Crippen molar-refractivity contribution in [1.82, 2.24) is 15.2 Å². The van der Waals surface area contributed by atoms with Gasteiger partial charge in [0.25, 0.3) is 5.91 Å². The Bertz CT molecular complexity index is 868. The average molecular weight is 421 g/mol. The third kappa shape index (κ3) is 5.30. The van der Waals surface area contributed by atoms with E-state index in [9.17, 15) is 14.4 Å². The van der Waals surface area contributed by atoms with Crippen LogP contribution in [0.1, 0.15) is 27.4 Å². The van der Waals surface area contributed by atoms with Gasteiger partial charge in [-0.25, -0.2) is 4.98 Å². The van der Waals surface area contributed by atoms with Crippen molar-refractivity contribution in [3.63, 3.8) is 0 Å². The maximum Gasteiger partial charge on any atom is 0.261 e. The molecule has 3 rings (SSSR count). The van der Waals surface area contributed by atoms with Gasteiger partial charge in [-0.2, -0.15) is 0 Å². The Kier molecular flexibility index (Phi) is 6.64. The smallest absolute Gasteiger partial charge is 0.261 e. The van der Waals surface area contributed by atoms with Crippen LogP contribution in [0.2, 0.25) is 5.02 Å². The molecule has 1 atom stereocenters. The number of pyridine rings is 1. The van der Waals surface area contributed by atoms with Gasteiger partial charge in [0.1, 0.15) is 5.82 Å². The Hall–Kier alpha value is -2.45. The fraction of sp³-hybridized carbons (Fsp3) is 0.368. The maximum atomic E-state index is 12.5. The normalized spacial score (nSPS) is 16.5. The number of nitrogens with zero attached hydrogens (tertiary/aromatic N) is 2. The molecule has 2 aromatic rings. The molecular formula is C19H21ClN4O3S. The molecule has 1 unspecified atom stereocenters. The van der Waals surface area contributed by atoms with Gasteiger partial charge in [-0.05, 0) is 44.0 Å². The zero-order valence-electron chi connectivity index (χ0n) is 15.4. The van der Waals surface area contributed by atoms with E-state index in [0.29, 0.717) is 35.2 Å². The number of anilines is 1. The number of hydrogen-bond acceptors (Lipinski definition) is 5. The maximum absolute atomic E-state index is 12.5. The molecule has 7 nitrogen and oxygen atoms in total. The number of amides is 3. The number of piperidine rings is 1. The van der Waals surface area contributed by atoms with Crippen molar-refractivity contribution >= 4 is 46.5 Å². The van der Waals surface area contributed by atoms with E-state index in [2.05, 4.69) is 15.6 Å². The van der Waals surface area contributed by atoms with Gasteiger partial charge >= 0.3 is 0 Å². The molecule has 0 aliphatic carbocycles. The van der Waals surface area contributed by atoms with Gasteiger partial charge in [0.15, 0.2) is 0 Å². The van der Waals surface area contributed by atoms with E-state index in [1.807, 2.05) is 13.0 Å². The molecule has 1 fully saturated rings. The van der Waals surface area contributed by atoms with Crippen LogP contribution in [0, 0.1) is 12.8 Å². The molecule has 1 aliphatic rings. The molecule has 1 aliphatic heterocycles. The minimum atomic E-state index is -0.314. The molecule has 9 heteroatoms. The van der Waals surface area contributed by atoms with Crippen LogP contribution in [0.4, 0.5) is 5.82 Å². The van der Waals surface area contributed by atoms with Crippen molar-refractivity contribution in [3.8, 4) is 0 Å². The molecule has 28 heavy (non-hydrogen) atoms. The summed E-state index contributed by atoms with van der Waals surface area (Å²) < 4.78 is 0. The van der Waals surface area contributed by atoms with E-state index in [1.54, 1.807) is 23.1 Å². The van der Waals surface area contributed by atoms with Crippen LogP contribution >= 0.6 is 22.9 Å². The summed E-state index contributed by atoms with van der Waals surface area (Å²) in [7, 11) is 0. The molecule has 0 spiro atoms. The molecular weight excluding hydrogens is 400 g/mol. The summed E-state index contributed by atoms with van der Waals surface area (Å²) >= 11 is 7.18. The average Bonchev–Trinajstić information content (AvgIpc) is 3.14. The number of nitrogens with one attached hydrogen (secondary N) is 2. The predicted molar refractivity (Wildman–Crippen MR) is 109 cm³/mol. The third-order valence-corrected chi connectivity index (χ3v) is 5.71. The lowest BCUT2D eigenvalue weighted by Crippen LogP contribution is -2.47. The Morgan fingerprint density at radius 1 is 1.29 bits per heavy atom. The second-order valence-corrected chi connectivity index (χ2v) is 8.35. The number of aryl methyl sites for hydroxylation is 1. The van der Waals surface area contributed by atoms with Crippen LogP contribution in [-0.4, -0.2) is 47.2 Å². The second-order valence-electron chi connectivity index (χ2n) is 6.62. The van der Waals surface area contributed by atoms with E-state index in [1.165, 1.54) is 17.5 Å². The van der Waals surface area contributed by atoms with Crippen LogP contribution in [-0.2, 0) is 9.59 Å². The summed E-state index contributed by atoms with van der Waals surface area (Å²) in [5.74, 6) is -0.511. The highest BCUT2D eigenvalue weighted by Crippen LogP contribution is 2.19. The lowest BCUT2D eigenvalue weighted by Gasteiger charge is -2.32. The third-order valence-electron chi connectivity index (χ3n) is 4.49. The Morgan fingerprint density at radius 2 is 2.11 bits per heavy atom. The SMILES string of the molecule is Cc1ccc(C(=O)NCC(=O)N2CCCC(C(=O)Nc3ccc(Cl)cn3)C2)s1. The summed E-state index contributed by atoms with van der Waals surface area (Å²) in [5, 5.41) is 5.91. The van der Waals surface area contributed by atoms with Gasteiger partial charge in [0.2, 0.25) is 11.8 Å². The molecule has 3 heterocycles. The van der Waals surface area contributed by atoms with Crippen molar-refractivity contribution < 1.29 is 14.4 Å². The first-order valence-electron chi connectivity index (χ1n) is 8.97. The molecule has 0 aromatic carbocycles. The van der Waals surface area contributed by atoms with E-state index in [0.717, 1.165) is 11.3 Å². The molecule has 1 saturated heterocycles. The summed E-state index contributed by atoms with van der Waals surface area (Å²) in [6.07, 6.45) is 2.89. The molecule has 2 N–H and O–H groups in total. The van der Waals surface area contributed by atoms with Crippen molar-refractivity contribution in [2.75, 3.05) is 25.0 Å². The summed E-state index contributed by atoms with van der Waals surface area (Å²) in [6, 6.07) is 6.89. The standard InChI is InChI=1S/C19H21ClN4O3S/c1-12-4-6-15(28-12)19(27)22-10-17(25)24-8-2-3-13(11-24)18(26)23-16-7-5-14(20)9-21-16/h4-7,9,13H,2-3,8,10-11H2,1H3,(H,22,27)(H,21,23,26). The minimum absolute atomic E-state index is 0.0805. The second kappa shape index (κ2) is 9.16. The number of thiophene rings is 1. The highest BCUT2D eigenvalue weighted by molar-refractivity contribution is 7.13. The van der Waals surface area contributed by atoms with Gasteiger partial charge < -0.3 is 15.5 Å². The number of rotatable bonds is 5. The largest absolute Gasteiger partial charge is 0.342 e. The zero-order chi connectivity index (χ0) is 20.1. The first-order valence-corrected chi connectivity index (χ1v) is 10.2. The lowest BCUT2D eigenvalue weighted by molar-refractivity contribution is -0.133. The summed E-state index contributed by atoms with van der Waals surface area (Å²) in [5.41, 5.74) is 0. The molecule has 148 valence electrons. The molecule has 0 saturated carbocycles. The quantitative estimate of drug-likeness (QED) is 0.777. The van der Waals surface area contributed by atoms with Crippen molar-refractivity contribution in [2.24, 2.45) is 5.92 Å². The summed E-state index contributed by atoms with van der Waals surface area (Å²) in [6.45, 7) is 2.75. The van der Waals surface area contributed by atoms with Gasteiger partial charge in [-0.15, -0.1) is 11.3 Å². The number of aromatic nitrogens is 1. The molecule has 2 aromatic heterocycles. The molecule has 0 radical (unpaired) electrons. The molecule has 0 bridgehead atoms. The van der Waals surface area contributed by atoms with Crippen molar-refractivity contribution in [1.29, 1.82) is 0 Å². The van der Waals surface area contributed by atoms with E-state index < -0.39 is 0 Å². The van der Waals surface area contributed by atoms with Gasteiger partial charge in [0.05, 0.1) is 22.4 Å². The monoisotopic (exact) mass is 420 g/mol. The van der Waals surface area contributed by atoms with Crippen molar-refractivity contribution in [3.05, 3.63) is 45.2 Å². The summed E-state index contributed by atoms with van der Waals surface area (Å²) in [4.78, 5) is 44.3. The number of halogens is 1. The highest BCUT2D eigenvalue weighted by atomic mass is 35.5. The first kappa shape index (κ1) is 20.3. The fourth-order valence-electron chi connectivity index (χ4n) is 3.01. The first-order chi connectivity index (χ1) is 13.4. The predicted octanol–water partition coefficient (Wildman–Crippen LogP) is 2.71. The number of carbonyl (C=O) groups excluding carboxylic acids is 3. The van der Waals surface area contributed by atoms with E-state index in [4.69, 9.17) is 11.6 Å². The minimum Gasteiger partial charge on any atom is -0.342 e. The highest BCUT2D eigenvalue weighted by Gasteiger charge is 2.28. The lowest BCUT2D eigenvalue weighted by atomic mass is 9.97. The zero-order valence-corrected chi connectivity index (χ0v) is 17.0. The molecule has 3 amide bonds. The Morgan fingerprint density at radius 3 is 2.79 bits per heavy atom. The van der Waals surface area contributed by atoms with Gasteiger partial charge in [-0.3, -0.25) is 14.4 Å². The van der Waals surface area contributed by atoms with E-state index >= 15 is 0 Å². The van der Waals surface area contributed by atoms with Gasteiger partial charge in [-0.1, -0.05) is 11.6 Å². The van der Waals surface area contributed by atoms with Crippen LogP contribution in [0.15, 0.2) is 30.5 Å². The Labute approximate surface area is 172 Å². The fourth-order valence-corrected chi connectivity index (χ4v) is 3.90. The van der Waals surface area contributed by atoms with Crippen LogP contribution in [0.25, 0.3) is 0 Å². The Balaban J connectivity index is 1.50. The van der Waals surface area contributed by atoms with Crippen LogP contribution in [0.3, 0.4) is 0 Å². The van der Waals surface area contributed by atoms with Crippen LogP contribution in [0.5, 0.6) is 0 Å². The topological polar surface area (TPSA) is 91.4 Å². The number of likely N-dealkylation sites (tertiary alicyclic amines) is 1. The number of carbonyl (C=O) groups is 3.